The molecule has 18 heavy (non-hydrogen) atoms. The van der Waals surface area contributed by atoms with Gasteiger partial charge >= 0.3 is 5.97 Å². The highest BCUT2D eigenvalue weighted by molar-refractivity contribution is 7.89. The molecule has 0 bridgehead atoms. The first-order chi connectivity index (χ1) is 8.38. The number of hydrogen-bond donors (Lipinski definition) is 2. The Bertz CT molecular complexity index is 421. The molecule has 0 aromatic heterocycles. The van der Waals surface area contributed by atoms with Crippen LogP contribution in [0.3, 0.4) is 0 Å². The van der Waals surface area contributed by atoms with Gasteiger partial charge in [0, 0.05) is 20.2 Å². The molecule has 1 fully saturated rings. The van der Waals surface area contributed by atoms with Crippen LogP contribution < -0.4 is 5.32 Å². The van der Waals surface area contributed by atoms with E-state index in [4.69, 9.17) is 5.11 Å². The molecule has 1 saturated heterocycles. The van der Waals surface area contributed by atoms with Gasteiger partial charge in [-0.2, -0.15) is 4.31 Å². The molecule has 1 aliphatic heterocycles. The van der Waals surface area contributed by atoms with Crippen molar-refractivity contribution in [1.29, 1.82) is 0 Å². The van der Waals surface area contributed by atoms with Gasteiger partial charge in [0.2, 0.25) is 15.9 Å². The summed E-state index contributed by atoms with van der Waals surface area (Å²) in [5, 5.41) is 11.2. The van der Waals surface area contributed by atoms with Gasteiger partial charge in [0.25, 0.3) is 0 Å². The lowest BCUT2D eigenvalue weighted by Crippen LogP contribution is -2.58. The second-order valence-electron chi connectivity index (χ2n) is 3.82. The van der Waals surface area contributed by atoms with Gasteiger partial charge in [0.1, 0.15) is 6.04 Å². The molecule has 0 aliphatic carbocycles. The molecule has 0 spiro atoms. The monoisotopic (exact) mass is 280 g/mol. The highest BCUT2D eigenvalue weighted by atomic mass is 32.2. The number of carboxylic acids is 1. The van der Waals surface area contributed by atoms with Crippen molar-refractivity contribution < 1.29 is 27.9 Å². The van der Waals surface area contributed by atoms with E-state index in [0.717, 1.165) is 4.31 Å². The molecule has 0 aromatic carbocycles. The zero-order valence-corrected chi connectivity index (χ0v) is 10.8. The van der Waals surface area contributed by atoms with E-state index in [2.05, 4.69) is 10.1 Å². The molecule has 1 rings (SSSR count). The first kappa shape index (κ1) is 14.9. The lowest BCUT2D eigenvalue weighted by molar-refractivity contribution is -0.141. The van der Waals surface area contributed by atoms with E-state index in [1.807, 2.05) is 0 Å². The average Bonchev–Trinajstić information content (AvgIpc) is 2.28. The second-order valence-corrected chi connectivity index (χ2v) is 5.87. The van der Waals surface area contributed by atoms with Crippen molar-refractivity contribution >= 4 is 21.9 Å². The van der Waals surface area contributed by atoms with E-state index in [1.54, 1.807) is 0 Å². The van der Waals surface area contributed by atoms with Crippen molar-refractivity contribution in [1.82, 2.24) is 9.62 Å². The summed E-state index contributed by atoms with van der Waals surface area (Å²) in [6.45, 7) is 0.261. The van der Waals surface area contributed by atoms with Crippen LogP contribution in [0.1, 0.15) is 6.42 Å². The maximum atomic E-state index is 12.0. The molecule has 0 radical (unpaired) electrons. The summed E-state index contributed by atoms with van der Waals surface area (Å²) >= 11 is 0. The third-order valence-corrected chi connectivity index (χ3v) is 4.39. The van der Waals surface area contributed by atoms with Gasteiger partial charge in [-0.05, 0) is 0 Å². The fraction of sp³-hybridized carbons (Fsp3) is 0.778. The summed E-state index contributed by atoms with van der Waals surface area (Å²) in [5.74, 6) is -2.07. The fourth-order valence-corrected chi connectivity index (χ4v) is 3.23. The van der Waals surface area contributed by atoms with Gasteiger partial charge in [-0.3, -0.25) is 9.59 Å². The number of methoxy groups -OCH3 is 1. The lowest BCUT2D eigenvalue weighted by atomic mass is 10.1. The average molecular weight is 280 g/mol. The normalized spacial score (nSPS) is 21.6. The minimum Gasteiger partial charge on any atom is -0.481 e. The quantitative estimate of drug-likeness (QED) is 0.596. The van der Waals surface area contributed by atoms with Crippen LogP contribution in [-0.4, -0.2) is 68.3 Å². The molecule has 1 amide bonds. The topological polar surface area (TPSA) is 113 Å². The SMILES string of the molecule is COCCS(=O)(=O)N1CCNC(=O)C1CC(=O)O. The molecular weight excluding hydrogens is 264 g/mol. The number of ether oxygens (including phenoxy) is 1. The van der Waals surface area contributed by atoms with E-state index >= 15 is 0 Å². The minimum atomic E-state index is -3.69. The van der Waals surface area contributed by atoms with Gasteiger partial charge in [-0.1, -0.05) is 0 Å². The summed E-state index contributed by atoms with van der Waals surface area (Å²) in [7, 11) is -2.32. The summed E-state index contributed by atoms with van der Waals surface area (Å²) in [6, 6.07) is -1.18. The number of aliphatic carboxylic acids is 1. The van der Waals surface area contributed by atoms with Crippen LogP contribution >= 0.6 is 0 Å². The number of piperazine rings is 1. The van der Waals surface area contributed by atoms with E-state index < -0.39 is 34.4 Å². The predicted molar refractivity (Wildman–Crippen MR) is 61.4 cm³/mol. The Balaban J connectivity index is 2.88. The maximum absolute atomic E-state index is 12.0. The standard InChI is InChI=1S/C9H16N2O6S/c1-17-4-5-18(15,16)11-3-2-10-9(14)7(11)6-8(12)13/h7H,2-6H2,1H3,(H,10,14)(H,12,13). The smallest absolute Gasteiger partial charge is 0.305 e. The Morgan fingerprint density at radius 2 is 2.28 bits per heavy atom. The van der Waals surface area contributed by atoms with E-state index in [1.165, 1.54) is 7.11 Å². The summed E-state index contributed by atoms with van der Waals surface area (Å²) < 4.78 is 29.5. The zero-order valence-electron chi connectivity index (χ0n) is 9.96. The summed E-state index contributed by atoms with van der Waals surface area (Å²) in [6.07, 6.45) is -0.544. The third kappa shape index (κ3) is 3.65. The van der Waals surface area contributed by atoms with Crippen molar-refractivity contribution in [2.24, 2.45) is 0 Å². The van der Waals surface area contributed by atoms with E-state index in [9.17, 15) is 18.0 Å². The van der Waals surface area contributed by atoms with Crippen LogP contribution in [-0.2, 0) is 24.3 Å². The van der Waals surface area contributed by atoms with Gasteiger partial charge < -0.3 is 15.2 Å². The van der Waals surface area contributed by atoms with Crippen LogP contribution in [0.4, 0.5) is 0 Å². The Morgan fingerprint density at radius 1 is 1.61 bits per heavy atom. The van der Waals surface area contributed by atoms with Crippen LogP contribution in [0, 0.1) is 0 Å². The van der Waals surface area contributed by atoms with Crippen LogP contribution in [0.5, 0.6) is 0 Å². The number of nitrogens with zero attached hydrogens (tertiary/aromatic N) is 1. The number of amides is 1. The molecule has 1 atom stereocenters. The van der Waals surface area contributed by atoms with Gasteiger partial charge in [0.05, 0.1) is 18.8 Å². The maximum Gasteiger partial charge on any atom is 0.305 e. The number of carboxylic acid groups (broad SMARTS) is 1. The van der Waals surface area contributed by atoms with Gasteiger partial charge in [0.15, 0.2) is 0 Å². The number of carbonyl (C=O) groups is 2. The first-order valence-electron chi connectivity index (χ1n) is 5.36. The summed E-state index contributed by atoms with van der Waals surface area (Å²) in [5.41, 5.74) is 0. The van der Waals surface area contributed by atoms with Crippen molar-refractivity contribution in [3.8, 4) is 0 Å². The molecule has 104 valence electrons. The number of rotatable bonds is 6. The molecule has 1 heterocycles. The minimum absolute atomic E-state index is 0.000242. The number of nitrogens with one attached hydrogen (secondary N) is 1. The Morgan fingerprint density at radius 3 is 2.83 bits per heavy atom. The number of hydrogen-bond acceptors (Lipinski definition) is 5. The van der Waals surface area contributed by atoms with Crippen molar-refractivity contribution in [2.75, 3.05) is 32.6 Å². The molecule has 9 heteroatoms. The molecule has 2 N–H and O–H groups in total. The Labute approximate surface area is 105 Å². The first-order valence-corrected chi connectivity index (χ1v) is 6.97. The molecule has 1 aliphatic rings. The number of sulfonamides is 1. The number of carbonyl (C=O) groups excluding carboxylic acids is 1. The molecule has 0 aromatic rings. The zero-order chi connectivity index (χ0) is 13.8. The molecule has 8 nitrogen and oxygen atoms in total. The van der Waals surface area contributed by atoms with Crippen LogP contribution in [0.15, 0.2) is 0 Å². The van der Waals surface area contributed by atoms with Gasteiger partial charge in [-0.15, -0.1) is 0 Å². The second kappa shape index (κ2) is 6.12. The van der Waals surface area contributed by atoms with Crippen molar-refractivity contribution in [3.63, 3.8) is 0 Å². The lowest BCUT2D eigenvalue weighted by Gasteiger charge is -2.33. The van der Waals surface area contributed by atoms with Crippen molar-refractivity contribution in [3.05, 3.63) is 0 Å². The van der Waals surface area contributed by atoms with Crippen molar-refractivity contribution in [2.45, 2.75) is 12.5 Å². The Kier molecular flexibility index (Phi) is 5.05. The Hall–Kier alpha value is -1.19. The highest BCUT2D eigenvalue weighted by Gasteiger charge is 2.38. The fourth-order valence-electron chi connectivity index (χ4n) is 1.69. The predicted octanol–water partition coefficient (Wildman–Crippen LogP) is -1.76. The van der Waals surface area contributed by atoms with Crippen LogP contribution in [0.2, 0.25) is 0 Å². The molecule has 0 saturated carbocycles. The largest absolute Gasteiger partial charge is 0.481 e. The third-order valence-electron chi connectivity index (χ3n) is 2.55. The highest BCUT2D eigenvalue weighted by Crippen LogP contribution is 2.14. The van der Waals surface area contributed by atoms with Gasteiger partial charge in [-0.25, -0.2) is 8.42 Å². The molecule has 1 unspecified atom stereocenters. The van der Waals surface area contributed by atoms with E-state index in [0.29, 0.717) is 0 Å². The molecular formula is C9H16N2O6S. The van der Waals surface area contributed by atoms with E-state index in [-0.39, 0.29) is 25.4 Å². The van der Waals surface area contributed by atoms with Crippen LogP contribution in [0.25, 0.3) is 0 Å². The summed E-state index contributed by atoms with van der Waals surface area (Å²) in [4.78, 5) is 22.2.